The van der Waals surface area contributed by atoms with Gasteiger partial charge < -0.3 is 5.11 Å². The Kier molecular flexibility index (Phi) is 4.70. The third-order valence-corrected chi connectivity index (χ3v) is 4.16. The van der Waals surface area contributed by atoms with Gasteiger partial charge in [-0.25, -0.2) is 0 Å². The summed E-state index contributed by atoms with van der Waals surface area (Å²) in [5, 5.41) is 9.82. The summed E-state index contributed by atoms with van der Waals surface area (Å²) in [6.07, 6.45) is 9.38. The van der Waals surface area contributed by atoms with Crippen molar-refractivity contribution < 1.29 is 5.11 Å². The van der Waals surface area contributed by atoms with Crippen LogP contribution in [0, 0.1) is 17.8 Å². The maximum absolute atomic E-state index is 9.82. The van der Waals surface area contributed by atoms with E-state index in [1.54, 1.807) is 13.8 Å². The number of aliphatic hydroxyl groups is 1. The summed E-state index contributed by atoms with van der Waals surface area (Å²) in [4.78, 5) is 2.55. The number of likely N-dealkylation sites (tertiary alicyclic amines) is 1. The first-order valence-corrected chi connectivity index (χ1v) is 7.55. The molecule has 0 aromatic carbocycles. The fourth-order valence-corrected chi connectivity index (χ4v) is 3.23. The minimum Gasteiger partial charge on any atom is -0.378 e. The maximum atomic E-state index is 9.82. The van der Waals surface area contributed by atoms with Crippen LogP contribution < -0.4 is 0 Å². The van der Waals surface area contributed by atoms with Crippen LogP contribution >= 0.6 is 0 Å². The SMILES string of the molecule is CC(C)(O)C#C[C@H](C1CCCCC1)N1CCCC1. The van der Waals surface area contributed by atoms with Crippen molar-refractivity contribution >= 4 is 0 Å². The van der Waals surface area contributed by atoms with E-state index in [4.69, 9.17) is 0 Å². The fraction of sp³-hybridized carbons (Fsp3) is 0.875. The van der Waals surface area contributed by atoms with Gasteiger partial charge in [-0.2, -0.15) is 0 Å². The van der Waals surface area contributed by atoms with Crippen LogP contribution in [0.15, 0.2) is 0 Å². The van der Waals surface area contributed by atoms with Crippen LogP contribution in [-0.2, 0) is 0 Å². The molecule has 1 aliphatic heterocycles. The van der Waals surface area contributed by atoms with E-state index in [0.29, 0.717) is 6.04 Å². The van der Waals surface area contributed by atoms with E-state index in [2.05, 4.69) is 16.7 Å². The third kappa shape index (κ3) is 4.00. The highest BCUT2D eigenvalue weighted by Crippen LogP contribution is 2.30. The van der Waals surface area contributed by atoms with Crippen molar-refractivity contribution in [3.05, 3.63) is 0 Å². The van der Waals surface area contributed by atoms with Gasteiger partial charge in [-0.05, 0) is 58.5 Å². The molecule has 2 fully saturated rings. The molecule has 2 rings (SSSR count). The smallest absolute Gasteiger partial charge is 0.120 e. The average Bonchev–Trinajstić information content (AvgIpc) is 2.83. The molecule has 0 aromatic heterocycles. The molecule has 0 radical (unpaired) electrons. The first-order valence-electron chi connectivity index (χ1n) is 7.55. The van der Waals surface area contributed by atoms with Crippen molar-refractivity contribution in [1.82, 2.24) is 4.90 Å². The van der Waals surface area contributed by atoms with Crippen molar-refractivity contribution in [3.63, 3.8) is 0 Å². The van der Waals surface area contributed by atoms with Gasteiger partial charge in [0.1, 0.15) is 5.60 Å². The van der Waals surface area contributed by atoms with Crippen LogP contribution in [-0.4, -0.2) is 34.7 Å². The molecule has 0 bridgehead atoms. The van der Waals surface area contributed by atoms with E-state index in [9.17, 15) is 5.11 Å². The van der Waals surface area contributed by atoms with Crippen LogP contribution in [0.5, 0.6) is 0 Å². The van der Waals surface area contributed by atoms with Crippen LogP contribution in [0.1, 0.15) is 58.8 Å². The van der Waals surface area contributed by atoms with E-state index >= 15 is 0 Å². The predicted molar refractivity (Wildman–Crippen MR) is 75.2 cm³/mol. The molecule has 0 amide bonds. The van der Waals surface area contributed by atoms with Gasteiger partial charge in [-0.1, -0.05) is 31.1 Å². The topological polar surface area (TPSA) is 23.5 Å². The standard InChI is InChI=1S/C16H27NO/c1-16(2,18)11-10-15(17-12-6-7-13-17)14-8-4-3-5-9-14/h14-15,18H,3-9,12-13H2,1-2H3/t15-/m1/s1. The van der Waals surface area contributed by atoms with Crippen molar-refractivity contribution in [3.8, 4) is 11.8 Å². The van der Waals surface area contributed by atoms with Gasteiger partial charge in [0.2, 0.25) is 0 Å². The molecule has 1 saturated carbocycles. The lowest BCUT2D eigenvalue weighted by atomic mass is 9.83. The molecule has 1 aliphatic carbocycles. The van der Waals surface area contributed by atoms with Crippen LogP contribution in [0.2, 0.25) is 0 Å². The number of hydrogen-bond acceptors (Lipinski definition) is 2. The molecular weight excluding hydrogens is 222 g/mol. The zero-order valence-electron chi connectivity index (χ0n) is 11.9. The molecule has 1 N–H and O–H groups in total. The second kappa shape index (κ2) is 6.08. The summed E-state index contributed by atoms with van der Waals surface area (Å²) in [6.45, 7) is 5.95. The van der Waals surface area contributed by atoms with E-state index in [0.717, 1.165) is 5.92 Å². The summed E-state index contributed by atoms with van der Waals surface area (Å²) >= 11 is 0. The summed E-state index contributed by atoms with van der Waals surface area (Å²) < 4.78 is 0. The summed E-state index contributed by atoms with van der Waals surface area (Å²) in [6, 6.07) is 0.388. The number of hydrogen-bond donors (Lipinski definition) is 1. The van der Waals surface area contributed by atoms with Crippen molar-refractivity contribution in [2.45, 2.75) is 70.4 Å². The quantitative estimate of drug-likeness (QED) is 0.761. The number of nitrogens with zero attached hydrogens (tertiary/aromatic N) is 1. The molecule has 0 unspecified atom stereocenters. The fourth-order valence-electron chi connectivity index (χ4n) is 3.23. The van der Waals surface area contributed by atoms with E-state index in [1.165, 1.54) is 58.0 Å². The van der Waals surface area contributed by atoms with Crippen LogP contribution in [0.4, 0.5) is 0 Å². The van der Waals surface area contributed by atoms with Gasteiger partial charge in [0.05, 0.1) is 6.04 Å². The van der Waals surface area contributed by atoms with Gasteiger partial charge in [-0.15, -0.1) is 0 Å². The first kappa shape index (κ1) is 13.9. The summed E-state index contributed by atoms with van der Waals surface area (Å²) in [5.74, 6) is 7.19. The molecule has 0 aromatic rings. The lowest BCUT2D eigenvalue weighted by Gasteiger charge is -2.33. The van der Waals surface area contributed by atoms with Gasteiger partial charge in [0, 0.05) is 0 Å². The molecule has 1 atom stereocenters. The second-order valence-electron chi connectivity index (χ2n) is 6.41. The zero-order valence-corrected chi connectivity index (χ0v) is 11.9. The van der Waals surface area contributed by atoms with Crippen molar-refractivity contribution in [1.29, 1.82) is 0 Å². The third-order valence-electron chi connectivity index (χ3n) is 4.16. The minimum absolute atomic E-state index is 0.388. The zero-order chi connectivity index (χ0) is 13.0. The molecule has 18 heavy (non-hydrogen) atoms. The van der Waals surface area contributed by atoms with Gasteiger partial charge in [-0.3, -0.25) is 4.90 Å². The molecule has 1 saturated heterocycles. The van der Waals surface area contributed by atoms with E-state index < -0.39 is 5.60 Å². The normalized spacial score (nSPS) is 24.6. The Balaban J connectivity index is 2.07. The van der Waals surface area contributed by atoms with Gasteiger partial charge in [0.15, 0.2) is 0 Å². The Morgan fingerprint density at radius 2 is 1.67 bits per heavy atom. The summed E-state index contributed by atoms with van der Waals surface area (Å²) in [7, 11) is 0. The largest absolute Gasteiger partial charge is 0.378 e. The van der Waals surface area contributed by atoms with Crippen molar-refractivity contribution in [2.24, 2.45) is 5.92 Å². The van der Waals surface area contributed by atoms with Gasteiger partial charge in [0.25, 0.3) is 0 Å². The highest BCUT2D eigenvalue weighted by atomic mass is 16.3. The molecule has 1 heterocycles. The minimum atomic E-state index is -0.855. The Bertz CT molecular complexity index is 308. The first-order chi connectivity index (χ1) is 8.56. The Hall–Kier alpha value is -0.520. The average molecular weight is 249 g/mol. The molecule has 2 nitrogen and oxygen atoms in total. The lowest BCUT2D eigenvalue weighted by Crippen LogP contribution is -2.39. The van der Waals surface area contributed by atoms with E-state index in [-0.39, 0.29) is 0 Å². The van der Waals surface area contributed by atoms with E-state index in [1.807, 2.05) is 0 Å². The van der Waals surface area contributed by atoms with Crippen LogP contribution in [0.3, 0.4) is 0 Å². The molecule has 2 aliphatic rings. The Morgan fingerprint density at radius 1 is 1.06 bits per heavy atom. The molecule has 2 heteroatoms. The predicted octanol–water partition coefficient (Wildman–Crippen LogP) is 2.81. The Morgan fingerprint density at radius 3 is 2.22 bits per heavy atom. The second-order valence-corrected chi connectivity index (χ2v) is 6.41. The maximum Gasteiger partial charge on any atom is 0.120 e. The molecule has 102 valence electrons. The van der Waals surface area contributed by atoms with Crippen LogP contribution in [0.25, 0.3) is 0 Å². The number of rotatable bonds is 2. The Labute approximate surface area is 112 Å². The molecule has 0 spiro atoms. The summed E-state index contributed by atoms with van der Waals surface area (Å²) in [5.41, 5.74) is -0.855. The lowest BCUT2D eigenvalue weighted by molar-refractivity contribution is 0.141. The van der Waals surface area contributed by atoms with Gasteiger partial charge >= 0.3 is 0 Å². The van der Waals surface area contributed by atoms with Crippen molar-refractivity contribution in [2.75, 3.05) is 13.1 Å². The highest BCUT2D eigenvalue weighted by Gasteiger charge is 2.29. The highest BCUT2D eigenvalue weighted by molar-refractivity contribution is 5.17. The molecular formula is C16H27NO. The monoisotopic (exact) mass is 249 g/mol.